The Labute approximate surface area is 157 Å². The van der Waals surface area contributed by atoms with Gasteiger partial charge in [0.25, 0.3) is 5.91 Å². The number of nitrogens with zero attached hydrogens (tertiary/aromatic N) is 4. The summed E-state index contributed by atoms with van der Waals surface area (Å²) < 4.78 is 40.7. The number of carbonyl (C=O) groups is 2. The van der Waals surface area contributed by atoms with E-state index in [0.717, 1.165) is 12.1 Å². The molecule has 2 amide bonds. The lowest BCUT2D eigenvalue weighted by atomic mass is 10.2. The van der Waals surface area contributed by atoms with Crippen LogP contribution in [0.3, 0.4) is 0 Å². The molecule has 28 heavy (non-hydrogen) atoms. The van der Waals surface area contributed by atoms with E-state index in [2.05, 4.69) is 20.8 Å². The molecule has 0 aliphatic carbocycles. The molecule has 0 fully saturated rings. The lowest BCUT2D eigenvalue weighted by Crippen LogP contribution is -2.15. The Balaban J connectivity index is 1.62. The van der Waals surface area contributed by atoms with Crippen LogP contribution >= 0.6 is 0 Å². The average molecular weight is 392 g/mol. The fraction of sp³-hybridized carbons (Fsp3) is 0.176. The molecule has 3 aromatic rings. The predicted molar refractivity (Wildman–Crippen MR) is 93.6 cm³/mol. The first-order valence-electron chi connectivity index (χ1n) is 8.03. The van der Waals surface area contributed by atoms with Crippen LogP contribution in [0.15, 0.2) is 48.9 Å². The van der Waals surface area contributed by atoms with E-state index in [1.165, 1.54) is 40.7 Å². The van der Waals surface area contributed by atoms with E-state index in [0.29, 0.717) is 5.69 Å². The molecule has 2 aromatic heterocycles. The number of hydrogen-bond donors (Lipinski definition) is 2. The monoisotopic (exact) mass is 392 g/mol. The van der Waals surface area contributed by atoms with E-state index in [1.807, 2.05) is 0 Å². The molecule has 0 saturated carbocycles. The van der Waals surface area contributed by atoms with Crippen molar-refractivity contribution in [2.45, 2.75) is 19.8 Å². The standard InChI is InChI=1S/C17H15F3N6O2/c1-11(27)22-14-8-21-26(9-14)10-25-7-6-15(24-25)16(28)23-13-4-2-12(3-5-13)17(18,19)20/h2-9H,10H2,1H3,(H,22,27)(H,23,28). The van der Waals surface area contributed by atoms with E-state index in [1.54, 1.807) is 12.4 Å². The molecule has 0 aliphatic heterocycles. The van der Waals surface area contributed by atoms with Gasteiger partial charge in [-0.05, 0) is 30.3 Å². The third kappa shape index (κ3) is 4.75. The second-order valence-electron chi connectivity index (χ2n) is 5.86. The van der Waals surface area contributed by atoms with Crippen LogP contribution in [0.25, 0.3) is 0 Å². The second-order valence-corrected chi connectivity index (χ2v) is 5.86. The van der Waals surface area contributed by atoms with Crippen LogP contribution in [0.4, 0.5) is 24.5 Å². The van der Waals surface area contributed by atoms with Crippen LogP contribution in [-0.2, 0) is 17.6 Å². The highest BCUT2D eigenvalue weighted by Gasteiger charge is 2.30. The molecule has 3 rings (SSSR count). The van der Waals surface area contributed by atoms with Crippen LogP contribution in [-0.4, -0.2) is 31.4 Å². The molecule has 2 heterocycles. The Morgan fingerprint density at radius 3 is 2.39 bits per heavy atom. The minimum atomic E-state index is -4.44. The molecule has 146 valence electrons. The van der Waals surface area contributed by atoms with Crippen molar-refractivity contribution in [3.8, 4) is 0 Å². The predicted octanol–water partition coefficient (Wildman–Crippen LogP) is 2.81. The van der Waals surface area contributed by atoms with Gasteiger partial charge in [0.2, 0.25) is 5.91 Å². The summed E-state index contributed by atoms with van der Waals surface area (Å²) in [5.41, 5.74) is 0.0428. The molecule has 0 radical (unpaired) electrons. The van der Waals surface area contributed by atoms with Crippen molar-refractivity contribution in [3.63, 3.8) is 0 Å². The smallest absolute Gasteiger partial charge is 0.324 e. The van der Waals surface area contributed by atoms with Crippen molar-refractivity contribution < 1.29 is 22.8 Å². The topological polar surface area (TPSA) is 93.8 Å². The minimum Gasteiger partial charge on any atom is -0.324 e. The van der Waals surface area contributed by atoms with Gasteiger partial charge in [-0.2, -0.15) is 23.4 Å². The van der Waals surface area contributed by atoms with Crippen LogP contribution in [0, 0.1) is 0 Å². The Bertz CT molecular complexity index is 991. The van der Waals surface area contributed by atoms with Crippen molar-refractivity contribution in [2.24, 2.45) is 0 Å². The van der Waals surface area contributed by atoms with Crippen LogP contribution in [0.5, 0.6) is 0 Å². The zero-order valence-corrected chi connectivity index (χ0v) is 14.6. The SMILES string of the molecule is CC(=O)Nc1cnn(Cn2ccc(C(=O)Nc3ccc(C(F)(F)F)cc3)n2)c1. The normalized spacial score (nSPS) is 11.3. The molecule has 0 unspecified atom stereocenters. The summed E-state index contributed by atoms with van der Waals surface area (Å²) in [7, 11) is 0. The summed E-state index contributed by atoms with van der Waals surface area (Å²) in [4.78, 5) is 23.2. The molecule has 0 atom stereocenters. The first-order chi connectivity index (χ1) is 13.2. The lowest BCUT2D eigenvalue weighted by molar-refractivity contribution is -0.137. The highest BCUT2D eigenvalue weighted by molar-refractivity contribution is 6.02. The lowest BCUT2D eigenvalue weighted by Gasteiger charge is -2.08. The van der Waals surface area contributed by atoms with Gasteiger partial charge in [0.15, 0.2) is 5.69 Å². The number of hydrogen-bond acceptors (Lipinski definition) is 4. The van der Waals surface area contributed by atoms with E-state index in [-0.39, 0.29) is 24.0 Å². The minimum absolute atomic E-state index is 0.0918. The molecule has 2 N–H and O–H groups in total. The Morgan fingerprint density at radius 2 is 1.75 bits per heavy atom. The average Bonchev–Trinajstić information content (AvgIpc) is 3.24. The number of carbonyl (C=O) groups excluding carboxylic acids is 2. The number of alkyl halides is 3. The summed E-state index contributed by atoms with van der Waals surface area (Å²) in [6, 6.07) is 5.59. The van der Waals surface area contributed by atoms with Gasteiger partial charge in [0.05, 0.1) is 23.6 Å². The van der Waals surface area contributed by atoms with Gasteiger partial charge in [-0.3, -0.25) is 14.3 Å². The fourth-order valence-electron chi connectivity index (χ4n) is 2.36. The summed E-state index contributed by atoms with van der Waals surface area (Å²) in [5.74, 6) is -0.779. The van der Waals surface area contributed by atoms with Crippen molar-refractivity contribution in [3.05, 3.63) is 60.2 Å². The van der Waals surface area contributed by atoms with Gasteiger partial charge in [-0.1, -0.05) is 0 Å². The fourth-order valence-corrected chi connectivity index (χ4v) is 2.36. The molecule has 11 heteroatoms. The van der Waals surface area contributed by atoms with Crippen molar-refractivity contribution in [1.82, 2.24) is 19.6 Å². The van der Waals surface area contributed by atoms with Crippen LogP contribution in [0.1, 0.15) is 23.0 Å². The van der Waals surface area contributed by atoms with E-state index in [4.69, 9.17) is 0 Å². The maximum Gasteiger partial charge on any atom is 0.416 e. The number of amides is 2. The highest BCUT2D eigenvalue weighted by Crippen LogP contribution is 2.29. The third-order valence-corrected chi connectivity index (χ3v) is 3.59. The second kappa shape index (κ2) is 7.55. The molecular weight excluding hydrogens is 377 g/mol. The first-order valence-corrected chi connectivity index (χ1v) is 8.03. The maximum absolute atomic E-state index is 12.6. The molecule has 0 bridgehead atoms. The van der Waals surface area contributed by atoms with Gasteiger partial charge >= 0.3 is 6.18 Å². The number of aromatic nitrogens is 4. The Hall–Kier alpha value is -3.63. The van der Waals surface area contributed by atoms with E-state index >= 15 is 0 Å². The summed E-state index contributed by atoms with van der Waals surface area (Å²) in [6.45, 7) is 1.58. The van der Waals surface area contributed by atoms with Gasteiger partial charge < -0.3 is 10.6 Å². The largest absolute Gasteiger partial charge is 0.416 e. The molecule has 0 aliphatic rings. The maximum atomic E-state index is 12.6. The number of halogens is 3. The number of nitrogens with one attached hydrogen (secondary N) is 2. The number of benzene rings is 1. The number of rotatable bonds is 5. The summed E-state index contributed by atoms with van der Waals surface area (Å²) >= 11 is 0. The summed E-state index contributed by atoms with van der Waals surface area (Å²) in [5, 5.41) is 13.2. The zero-order valence-electron chi connectivity index (χ0n) is 14.6. The quantitative estimate of drug-likeness (QED) is 0.698. The number of anilines is 2. The van der Waals surface area contributed by atoms with Crippen LogP contribution in [0.2, 0.25) is 0 Å². The zero-order chi connectivity index (χ0) is 20.3. The van der Waals surface area contributed by atoms with Gasteiger partial charge in [0.1, 0.15) is 6.67 Å². The first kappa shape index (κ1) is 19.1. The molecule has 0 spiro atoms. The highest BCUT2D eigenvalue weighted by atomic mass is 19.4. The van der Waals surface area contributed by atoms with Crippen molar-refractivity contribution >= 4 is 23.2 Å². The van der Waals surface area contributed by atoms with Crippen molar-refractivity contribution in [2.75, 3.05) is 10.6 Å². The molecular formula is C17H15F3N6O2. The Morgan fingerprint density at radius 1 is 1.04 bits per heavy atom. The van der Waals surface area contributed by atoms with E-state index < -0.39 is 17.6 Å². The van der Waals surface area contributed by atoms with Crippen LogP contribution < -0.4 is 10.6 Å². The third-order valence-electron chi connectivity index (χ3n) is 3.59. The van der Waals surface area contributed by atoms with E-state index in [9.17, 15) is 22.8 Å². The van der Waals surface area contributed by atoms with Crippen molar-refractivity contribution in [1.29, 1.82) is 0 Å². The van der Waals surface area contributed by atoms with Gasteiger partial charge in [-0.25, -0.2) is 4.68 Å². The Kier molecular flexibility index (Phi) is 5.16. The molecule has 1 aromatic carbocycles. The summed E-state index contributed by atoms with van der Waals surface area (Å²) in [6.07, 6.45) is 0.198. The molecule has 8 nitrogen and oxygen atoms in total. The van der Waals surface area contributed by atoms with Gasteiger partial charge in [-0.15, -0.1) is 0 Å². The van der Waals surface area contributed by atoms with Gasteiger partial charge in [0, 0.05) is 18.8 Å². The molecule has 0 saturated heterocycles.